The molecule has 1 atom stereocenters. The first kappa shape index (κ1) is 16.5. The molecule has 124 valence electrons. The zero-order valence-corrected chi connectivity index (χ0v) is 14.4. The Morgan fingerprint density at radius 1 is 1.30 bits per heavy atom. The molecule has 2 aromatic rings. The number of rotatable bonds is 6. The van der Waals surface area contributed by atoms with Crippen LogP contribution in [-0.4, -0.2) is 33.2 Å². The first-order valence-electron chi connectivity index (χ1n) is 8.07. The third-order valence-corrected chi connectivity index (χ3v) is 5.17. The summed E-state index contributed by atoms with van der Waals surface area (Å²) in [5, 5.41) is 9.62. The standard InChI is InChI=1S/C17H22FN3OS/c1-12(2)11-23-17-20-19-16(13-5-7-14(18)8-6-13)21(17)10-15-4-3-9-22-15/h5-8,12,15H,3-4,9-11H2,1-2H3. The van der Waals surface area contributed by atoms with Gasteiger partial charge in [0, 0.05) is 17.9 Å². The van der Waals surface area contributed by atoms with Gasteiger partial charge in [0.15, 0.2) is 11.0 Å². The van der Waals surface area contributed by atoms with Gasteiger partial charge in [0.2, 0.25) is 0 Å². The maximum absolute atomic E-state index is 13.2. The van der Waals surface area contributed by atoms with Crippen LogP contribution in [-0.2, 0) is 11.3 Å². The average molecular weight is 335 g/mol. The Morgan fingerprint density at radius 3 is 2.74 bits per heavy atom. The van der Waals surface area contributed by atoms with Gasteiger partial charge in [-0.25, -0.2) is 4.39 Å². The van der Waals surface area contributed by atoms with Crippen molar-refractivity contribution in [3.05, 3.63) is 30.1 Å². The second kappa shape index (κ2) is 7.45. The molecule has 0 aliphatic carbocycles. The van der Waals surface area contributed by atoms with Crippen molar-refractivity contribution in [2.75, 3.05) is 12.4 Å². The van der Waals surface area contributed by atoms with Crippen LogP contribution >= 0.6 is 11.8 Å². The van der Waals surface area contributed by atoms with Crippen LogP contribution in [0.15, 0.2) is 29.4 Å². The molecule has 6 heteroatoms. The summed E-state index contributed by atoms with van der Waals surface area (Å²) in [6.45, 7) is 5.95. The number of nitrogens with zero attached hydrogens (tertiary/aromatic N) is 3. The number of thioether (sulfide) groups is 1. The number of hydrogen-bond acceptors (Lipinski definition) is 4. The van der Waals surface area contributed by atoms with Gasteiger partial charge in [-0.1, -0.05) is 25.6 Å². The summed E-state index contributed by atoms with van der Waals surface area (Å²) in [5.74, 6) is 2.12. The lowest BCUT2D eigenvalue weighted by molar-refractivity contribution is 0.0953. The summed E-state index contributed by atoms with van der Waals surface area (Å²) in [4.78, 5) is 0. The Labute approximate surface area is 140 Å². The lowest BCUT2D eigenvalue weighted by Gasteiger charge is -2.15. The Balaban J connectivity index is 1.89. The molecule has 0 N–H and O–H groups in total. The molecule has 1 saturated heterocycles. The van der Waals surface area contributed by atoms with Gasteiger partial charge in [0.1, 0.15) is 5.82 Å². The van der Waals surface area contributed by atoms with Crippen molar-refractivity contribution < 1.29 is 9.13 Å². The minimum absolute atomic E-state index is 0.212. The highest BCUT2D eigenvalue weighted by atomic mass is 32.2. The van der Waals surface area contributed by atoms with Crippen molar-refractivity contribution in [1.29, 1.82) is 0 Å². The molecular weight excluding hydrogens is 313 g/mol. The van der Waals surface area contributed by atoms with Crippen LogP contribution in [0.3, 0.4) is 0 Å². The van der Waals surface area contributed by atoms with Crippen LogP contribution in [0, 0.1) is 11.7 Å². The van der Waals surface area contributed by atoms with Crippen LogP contribution in [0.4, 0.5) is 4.39 Å². The van der Waals surface area contributed by atoms with Crippen LogP contribution in [0.25, 0.3) is 11.4 Å². The van der Waals surface area contributed by atoms with Crippen molar-refractivity contribution in [2.45, 2.75) is 44.5 Å². The molecule has 1 aliphatic rings. The molecule has 0 spiro atoms. The van der Waals surface area contributed by atoms with Crippen molar-refractivity contribution in [3.63, 3.8) is 0 Å². The van der Waals surface area contributed by atoms with E-state index in [0.717, 1.165) is 48.3 Å². The van der Waals surface area contributed by atoms with Gasteiger partial charge in [-0.2, -0.15) is 0 Å². The average Bonchev–Trinajstić information content (AvgIpc) is 3.17. The zero-order valence-electron chi connectivity index (χ0n) is 13.5. The maximum atomic E-state index is 13.2. The molecule has 4 nitrogen and oxygen atoms in total. The smallest absolute Gasteiger partial charge is 0.191 e. The molecule has 1 aromatic carbocycles. The topological polar surface area (TPSA) is 39.9 Å². The number of halogens is 1. The minimum atomic E-state index is -0.242. The normalized spacial score (nSPS) is 18.0. The largest absolute Gasteiger partial charge is 0.376 e. The van der Waals surface area contributed by atoms with Gasteiger partial charge in [-0.15, -0.1) is 10.2 Å². The van der Waals surface area contributed by atoms with Gasteiger partial charge in [0.25, 0.3) is 0 Å². The molecule has 0 radical (unpaired) electrons. The number of aromatic nitrogens is 3. The van der Waals surface area contributed by atoms with Crippen molar-refractivity contribution in [3.8, 4) is 11.4 Å². The second-order valence-electron chi connectivity index (χ2n) is 6.26. The van der Waals surface area contributed by atoms with Crippen LogP contribution in [0.2, 0.25) is 0 Å². The predicted molar refractivity (Wildman–Crippen MR) is 90.0 cm³/mol. The highest BCUT2D eigenvalue weighted by Crippen LogP contribution is 2.27. The van der Waals surface area contributed by atoms with Gasteiger partial charge in [0.05, 0.1) is 12.6 Å². The summed E-state index contributed by atoms with van der Waals surface area (Å²) in [6, 6.07) is 6.42. The van der Waals surface area contributed by atoms with Crippen LogP contribution < -0.4 is 0 Å². The second-order valence-corrected chi connectivity index (χ2v) is 7.25. The van der Waals surface area contributed by atoms with E-state index in [2.05, 4.69) is 28.6 Å². The minimum Gasteiger partial charge on any atom is -0.376 e. The first-order chi connectivity index (χ1) is 11.1. The summed E-state index contributed by atoms with van der Waals surface area (Å²) < 4.78 is 21.1. The fourth-order valence-electron chi connectivity index (χ4n) is 2.61. The molecule has 1 unspecified atom stereocenters. The molecule has 23 heavy (non-hydrogen) atoms. The molecule has 0 bridgehead atoms. The van der Waals surface area contributed by atoms with E-state index in [1.165, 1.54) is 12.1 Å². The monoisotopic (exact) mass is 335 g/mol. The van der Waals surface area contributed by atoms with Gasteiger partial charge in [-0.3, -0.25) is 4.57 Å². The lowest BCUT2D eigenvalue weighted by atomic mass is 10.2. The Morgan fingerprint density at radius 2 is 2.09 bits per heavy atom. The van der Waals surface area contributed by atoms with Crippen LogP contribution in [0.5, 0.6) is 0 Å². The molecule has 1 aliphatic heterocycles. The van der Waals surface area contributed by atoms with Crippen molar-refractivity contribution in [1.82, 2.24) is 14.8 Å². The maximum Gasteiger partial charge on any atom is 0.191 e. The highest BCUT2D eigenvalue weighted by Gasteiger charge is 2.21. The van der Waals surface area contributed by atoms with E-state index < -0.39 is 0 Å². The summed E-state index contributed by atoms with van der Waals surface area (Å²) in [5.41, 5.74) is 0.883. The zero-order chi connectivity index (χ0) is 16.2. The number of benzene rings is 1. The first-order valence-corrected chi connectivity index (χ1v) is 9.05. The van der Waals surface area contributed by atoms with E-state index in [4.69, 9.17) is 4.74 Å². The SMILES string of the molecule is CC(C)CSc1nnc(-c2ccc(F)cc2)n1CC1CCCO1. The molecule has 3 rings (SSSR count). The summed E-state index contributed by atoms with van der Waals surface area (Å²) in [7, 11) is 0. The van der Waals surface area contributed by atoms with E-state index in [0.29, 0.717) is 5.92 Å². The van der Waals surface area contributed by atoms with Crippen molar-refractivity contribution >= 4 is 11.8 Å². The third-order valence-electron chi connectivity index (χ3n) is 3.78. The summed E-state index contributed by atoms with van der Waals surface area (Å²) >= 11 is 1.72. The fourth-order valence-corrected chi connectivity index (χ4v) is 3.50. The van der Waals surface area contributed by atoms with E-state index in [9.17, 15) is 4.39 Å². The van der Waals surface area contributed by atoms with Crippen molar-refractivity contribution in [2.24, 2.45) is 5.92 Å². The molecule has 1 aromatic heterocycles. The molecule has 0 saturated carbocycles. The molecule has 2 heterocycles. The van der Waals surface area contributed by atoms with Gasteiger partial charge < -0.3 is 4.74 Å². The highest BCUT2D eigenvalue weighted by molar-refractivity contribution is 7.99. The quantitative estimate of drug-likeness (QED) is 0.748. The van der Waals surface area contributed by atoms with Crippen LogP contribution in [0.1, 0.15) is 26.7 Å². The Bertz CT molecular complexity index is 636. The van der Waals surface area contributed by atoms with Gasteiger partial charge >= 0.3 is 0 Å². The van der Waals surface area contributed by atoms with E-state index in [1.807, 2.05) is 0 Å². The Kier molecular flexibility index (Phi) is 5.33. The molecular formula is C17H22FN3OS. The fraction of sp³-hybridized carbons (Fsp3) is 0.529. The van der Waals surface area contributed by atoms with E-state index in [1.54, 1.807) is 23.9 Å². The lowest BCUT2D eigenvalue weighted by Crippen LogP contribution is -2.17. The summed E-state index contributed by atoms with van der Waals surface area (Å²) in [6.07, 6.45) is 2.38. The van der Waals surface area contributed by atoms with E-state index in [-0.39, 0.29) is 11.9 Å². The van der Waals surface area contributed by atoms with E-state index >= 15 is 0 Å². The number of ether oxygens (including phenoxy) is 1. The predicted octanol–water partition coefficient (Wildman–Crippen LogP) is 4.01. The number of hydrogen-bond donors (Lipinski definition) is 0. The van der Waals surface area contributed by atoms with Gasteiger partial charge in [-0.05, 0) is 43.0 Å². The molecule has 1 fully saturated rings. The Hall–Kier alpha value is -1.40. The third kappa shape index (κ3) is 4.12. The molecule has 0 amide bonds.